The summed E-state index contributed by atoms with van der Waals surface area (Å²) >= 11 is 0. The number of hydrogen-bond acceptors (Lipinski definition) is 1. The van der Waals surface area contributed by atoms with Crippen LogP contribution in [0.15, 0.2) is 58.7 Å². The quantitative estimate of drug-likeness (QED) is 0.724. The fourth-order valence-electron chi connectivity index (χ4n) is 2.10. The molecular formula is C17H21N. The van der Waals surface area contributed by atoms with Crippen LogP contribution in [0.5, 0.6) is 0 Å². The van der Waals surface area contributed by atoms with Crippen LogP contribution in [-0.4, -0.2) is 5.71 Å². The van der Waals surface area contributed by atoms with Gasteiger partial charge in [0.15, 0.2) is 0 Å². The van der Waals surface area contributed by atoms with Crippen LogP contribution < -0.4 is 0 Å². The van der Waals surface area contributed by atoms with Gasteiger partial charge < -0.3 is 0 Å². The molecule has 0 spiro atoms. The number of hydrogen-bond donors (Lipinski definition) is 0. The number of aliphatic imine (C=N–C) groups is 1. The minimum Gasteiger partial charge on any atom is -0.261 e. The van der Waals surface area contributed by atoms with Gasteiger partial charge in [0.2, 0.25) is 0 Å². The van der Waals surface area contributed by atoms with Crippen LogP contribution in [0.3, 0.4) is 0 Å². The number of benzene rings is 1. The molecule has 2 rings (SSSR count). The van der Waals surface area contributed by atoms with E-state index in [1.165, 1.54) is 22.4 Å². The van der Waals surface area contributed by atoms with Gasteiger partial charge in [0.05, 0.1) is 0 Å². The molecule has 1 aromatic rings. The lowest BCUT2D eigenvalue weighted by Gasteiger charge is -2.08. The summed E-state index contributed by atoms with van der Waals surface area (Å²) < 4.78 is 0. The molecule has 0 amide bonds. The Labute approximate surface area is 110 Å². The summed E-state index contributed by atoms with van der Waals surface area (Å²) in [6.07, 6.45) is 8.67. The molecule has 0 unspecified atom stereocenters. The molecule has 1 aromatic carbocycles. The molecule has 0 N–H and O–H groups in total. The van der Waals surface area contributed by atoms with Crippen LogP contribution in [0, 0.1) is 0 Å². The van der Waals surface area contributed by atoms with E-state index in [0.717, 1.165) is 25.7 Å². The monoisotopic (exact) mass is 239 g/mol. The zero-order chi connectivity index (χ0) is 12.8. The van der Waals surface area contributed by atoms with Gasteiger partial charge in [0, 0.05) is 11.9 Å². The van der Waals surface area contributed by atoms with E-state index in [-0.39, 0.29) is 0 Å². The molecule has 0 bridgehead atoms. The summed E-state index contributed by atoms with van der Waals surface area (Å²) in [5, 5.41) is 0. The summed E-state index contributed by atoms with van der Waals surface area (Å²) in [7, 11) is 0. The van der Waals surface area contributed by atoms with Crippen molar-refractivity contribution in [3.8, 4) is 0 Å². The molecule has 1 heterocycles. The van der Waals surface area contributed by atoms with E-state index in [1.54, 1.807) is 0 Å². The SMILES string of the molecule is C/C1=C/C(CCc2ccccc2)=N/C=C(\C)CC1. The summed E-state index contributed by atoms with van der Waals surface area (Å²) in [5.74, 6) is 0. The second-order valence-electron chi connectivity index (χ2n) is 5.07. The topological polar surface area (TPSA) is 12.4 Å². The highest BCUT2D eigenvalue weighted by Crippen LogP contribution is 2.15. The van der Waals surface area contributed by atoms with Crippen molar-refractivity contribution in [3.63, 3.8) is 0 Å². The molecule has 94 valence electrons. The molecule has 0 aliphatic carbocycles. The van der Waals surface area contributed by atoms with Crippen molar-refractivity contribution >= 4 is 5.71 Å². The van der Waals surface area contributed by atoms with Crippen LogP contribution in [0.4, 0.5) is 0 Å². The minimum absolute atomic E-state index is 1.02. The third-order valence-corrected chi connectivity index (χ3v) is 3.29. The average molecular weight is 239 g/mol. The first-order chi connectivity index (χ1) is 8.74. The predicted octanol–water partition coefficient (Wildman–Crippen LogP) is 4.70. The standard InChI is InChI=1S/C17H21N/c1-14-8-9-15(2)13-18-17(12-14)11-10-16-6-4-3-5-7-16/h3-7,12-13H,8-11H2,1-2H3/b14-12-,15-13+,18-17+. The van der Waals surface area contributed by atoms with Crippen LogP contribution in [-0.2, 0) is 6.42 Å². The van der Waals surface area contributed by atoms with Gasteiger partial charge in [-0.05, 0) is 51.2 Å². The largest absolute Gasteiger partial charge is 0.261 e. The third-order valence-electron chi connectivity index (χ3n) is 3.29. The van der Waals surface area contributed by atoms with Gasteiger partial charge in [-0.25, -0.2) is 0 Å². The molecular weight excluding hydrogens is 218 g/mol. The van der Waals surface area contributed by atoms with Crippen LogP contribution >= 0.6 is 0 Å². The van der Waals surface area contributed by atoms with Gasteiger partial charge >= 0.3 is 0 Å². The van der Waals surface area contributed by atoms with E-state index >= 15 is 0 Å². The van der Waals surface area contributed by atoms with E-state index in [0.29, 0.717) is 0 Å². The van der Waals surface area contributed by atoms with E-state index in [1.807, 2.05) is 6.20 Å². The van der Waals surface area contributed by atoms with Gasteiger partial charge in [-0.2, -0.15) is 0 Å². The molecule has 0 saturated carbocycles. The molecule has 0 saturated heterocycles. The maximum Gasteiger partial charge on any atom is 0.0406 e. The van der Waals surface area contributed by atoms with Crippen LogP contribution in [0.25, 0.3) is 0 Å². The second kappa shape index (κ2) is 6.34. The normalized spacial score (nSPS) is 24.9. The first-order valence-corrected chi connectivity index (χ1v) is 6.67. The van der Waals surface area contributed by atoms with Gasteiger partial charge in [-0.15, -0.1) is 0 Å². The molecule has 0 aromatic heterocycles. The molecule has 1 nitrogen and oxygen atoms in total. The Balaban J connectivity index is 2.04. The van der Waals surface area contributed by atoms with E-state index in [2.05, 4.69) is 55.2 Å². The molecule has 0 radical (unpaired) electrons. The lowest BCUT2D eigenvalue weighted by atomic mass is 10.0. The minimum atomic E-state index is 1.02. The van der Waals surface area contributed by atoms with Crippen molar-refractivity contribution in [2.45, 2.75) is 39.5 Å². The van der Waals surface area contributed by atoms with Crippen molar-refractivity contribution < 1.29 is 0 Å². The zero-order valence-electron chi connectivity index (χ0n) is 11.3. The van der Waals surface area contributed by atoms with E-state index in [9.17, 15) is 0 Å². The van der Waals surface area contributed by atoms with E-state index in [4.69, 9.17) is 0 Å². The summed E-state index contributed by atoms with van der Waals surface area (Å²) in [6.45, 7) is 4.37. The Morgan fingerprint density at radius 3 is 2.44 bits per heavy atom. The summed E-state index contributed by atoms with van der Waals surface area (Å²) in [6, 6.07) is 10.6. The van der Waals surface area contributed by atoms with E-state index < -0.39 is 0 Å². The summed E-state index contributed by atoms with van der Waals surface area (Å²) in [4.78, 5) is 4.61. The first kappa shape index (κ1) is 12.8. The van der Waals surface area contributed by atoms with Crippen molar-refractivity contribution in [1.29, 1.82) is 0 Å². The lowest BCUT2D eigenvalue weighted by Crippen LogP contribution is -2.00. The lowest BCUT2D eigenvalue weighted by molar-refractivity contribution is 0.913. The third kappa shape index (κ3) is 3.99. The molecule has 18 heavy (non-hydrogen) atoms. The Morgan fingerprint density at radius 2 is 1.67 bits per heavy atom. The number of nitrogens with zero attached hydrogens (tertiary/aromatic N) is 1. The Hall–Kier alpha value is -1.63. The first-order valence-electron chi connectivity index (χ1n) is 6.67. The van der Waals surface area contributed by atoms with Gasteiger partial charge in [0.1, 0.15) is 0 Å². The van der Waals surface area contributed by atoms with Crippen molar-refractivity contribution in [3.05, 3.63) is 59.3 Å². The van der Waals surface area contributed by atoms with Crippen molar-refractivity contribution in [2.75, 3.05) is 0 Å². The maximum atomic E-state index is 4.61. The predicted molar refractivity (Wildman–Crippen MR) is 78.9 cm³/mol. The molecule has 1 heteroatoms. The van der Waals surface area contributed by atoms with Crippen LogP contribution in [0.2, 0.25) is 0 Å². The van der Waals surface area contributed by atoms with Crippen molar-refractivity contribution in [1.82, 2.24) is 0 Å². The maximum absolute atomic E-state index is 4.61. The molecule has 1 aliphatic rings. The molecule has 0 atom stereocenters. The fourth-order valence-corrected chi connectivity index (χ4v) is 2.10. The average Bonchev–Trinajstić information content (AvgIpc) is 2.39. The zero-order valence-corrected chi connectivity index (χ0v) is 11.3. The highest BCUT2D eigenvalue weighted by atomic mass is 14.7. The number of aryl methyl sites for hydroxylation is 1. The Kier molecular flexibility index (Phi) is 4.52. The van der Waals surface area contributed by atoms with Crippen molar-refractivity contribution in [2.24, 2.45) is 4.99 Å². The molecule has 1 aliphatic heterocycles. The number of rotatable bonds is 3. The summed E-state index contributed by atoms with van der Waals surface area (Å²) in [5.41, 5.74) is 5.40. The smallest absolute Gasteiger partial charge is 0.0406 e. The highest BCUT2D eigenvalue weighted by Gasteiger charge is 2.02. The number of allylic oxidation sites excluding steroid dienone is 3. The van der Waals surface area contributed by atoms with Gasteiger partial charge in [0.25, 0.3) is 0 Å². The molecule has 0 fully saturated rings. The fraction of sp³-hybridized carbons (Fsp3) is 0.353. The highest BCUT2D eigenvalue weighted by molar-refractivity contribution is 5.96. The second-order valence-corrected chi connectivity index (χ2v) is 5.07. The van der Waals surface area contributed by atoms with Gasteiger partial charge in [-0.1, -0.05) is 41.5 Å². The Morgan fingerprint density at radius 1 is 0.944 bits per heavy atom. The van der Waals surface area contributed by atoms with Crippen LogP contribution in [0.1, 0.15) is 38.7 Å². The van der Waals surface area contributed by atoms with Gasteiger partial charge in [-0.3, -0.25) is 4.99 Å². The Bertz CT molecular complexity index is 478.